The largest absolute Gasteiger partial charge is 0.466 e. The molecule has 0 unspecified atom stereocenters. The Morgan fingerprint density at radius 3 is 2.40 bits per heavy atom. The van der Waals surface area contributed by atoms with Crippen LogP contribution < -0.4 is 5.32 Å². The maximum atomic E-state index is 13.9. The third-order valence-corrected chi connectivity index (χ3v) is 9.90. The van der Waals surface area contributed by atoms with Crippen molar-refractivity contribution >= 4 is 17.9 Å². The minimum absolute atomic E-state index is 0.00294. The fourth-order valence-corrected chi connectivity index (χ4v) is 8.10. The number of carbonyl (C=O) groups is 3. The van der Waals surface area contributed by atoms with Crippen LogP contribution in [-0.4, -0.2) is 42.0 Å². The third kappa shape index (κ3) is 4.25. The summed E-state index contributed by atoms with van der Waals surface area (Å²) in [6.45, 7) is 12.4. The Kier molecular flexibility index (Phi) is 6.98. The molecule has 6 heteroatoms. The lowest BCUT2D eigenvalue weighted by atomic mass is 9.48. The summed E-state index contributed by atoms with van der Waals surface area (Å²) in [5.74, 6) is 1.28. The lowest BCUT2D eigenvalue weighted by molar-refractivity contribution is -0.140. The van der Waals surface area contributed by atoms with Crippen molar-refractivity contribution in [2.45, 2.75) is 98.6 Å². The Labute approximate surface area is 210 Å². The van der Waals surface area contributed by atoms with Crippen LogP contribution in [0, 0.1) is 34.5 Å². The Morgan fingerprint density at radius 2 is 1.77 bits per heavy atom. The zero-order valence-corrected chi connectivity index (χ0v) is 22.6. The van der Waals surface area contributed by atoms with Crippen LogP contribution in [0.4, 0.5) is 4.79 Å². The minimum Gasteiger partial charge on any atom is -0.466 e. The van der Waals surface area contributed by atoms with E-state index in [-0.39, 0.29) is 46.7 Å². The summed E-state index contributed by atoms with van der Waals surface area (Å²) < 4.78 is 4.99. The van der Waals surface area contributed by atoms with E-state index in [9.17, 15) is 14.4 Å². The van der Waals surface area contributed by atoms with Crippen LogP contribution in [0.2, 0.25) is 0 Å². The average molecular weight is 485 g/mol. The minimum atomic E-state index is -0.270. The summed E-state index contributed by atoms with van der Waals surface area (Å²) in [6, 6.07) is -0.446. The summed E-state index contributed by atoms with van der Waals surface area (Å²) in [6.07, 6.45) is 11.2. The summed E-state index contributed by atoms with van der Waals surface area (Å²) >= 11 is 0. The second-order valence-corrected chi connectivity index (χ2v) is 12.4. The second-order valence-electron chi connectivity index (χ2n) is 12.4. The van der Waals surface area contributed by atoms with Gasteiger partial charge in [0, 0.05) is 23.6 Å². The molecule has 0 spiro atoms. The van der Waals surface area contributed by atoms with Crippen molar-refractivity contribution in [3.63, 3.8) is 0 Å². The zero-order chi connectivity index (χ0) is 25.7. The van der Waals surface area contributed by atoms with Crippen molar-refractivity contribution in [1.29, 1.82) is 0 Å². The quantitative estimate of drug-likeness (QED) is 0.525. The van der Waals surface area contributed by atoms with Gasteiger partial charge in [-0.15, -0.1) is 0 Å². The molecule has 3 amide bonds. The molecule has 2 saturated carbocycles. The van der Waals surface area contributed by atoms with Gasteiger partial charge in [-0.2, -0.15) is 0 Å². The predicted octanol–water partition coefficient (Wildman–Crippen LogP) is 5.63. The van der Waals surface area contributed by atoms with Crippen LogP contribution in [-0.2, 0) is 14.3 Å². The Balaban J connectivity index is 1.58. The number of nitrogens with zero attached hydrogens (tertiary/aromatic N) is 1. The number of methoxy groups -OCH3 is 1. The van der Waals surface area contributed by atoms with Gasteiger partial charge >= 0.3 is 12.0 Å². The number of hydrogen-bond donors (Lipinski definition) is 1. The molecule has 6 nitrogen and oxygen atoms in total. The van der Waals surface area contributed by atoms with Crippen LogP contribution >= 0.6 is 0 Å². The maximum Gasteiger partial charge on any atom is 0.333 e. The average Bonchev–Trinajstić information content (AvgIpc) is 3.14. The summed E-state index contributed by atoms with van der Waals surface area (Å²) in [7, 11) is 1.45. The van der Waals surface area contributed by atoms with E-state index in [0.29, 0.717) is 17.8 Å². The number of imide groups is 1. The molecule has 0 heterocycles. The molecule has 0 aromatic rings. The molecule has 0 aliphatic heterocycles. The first-order chi connectivity index (χ1) is 16.4. The number of hydrogen-bond acceptors (Lipinski definition) is 4. The van der Waals surface area contributed by atoms with E-state index < -0.39 is 0 Å². The van der Waals surface area contributed by atoms with Gasteiger partial charge in [-0.25, -0.2) is 9.59 Å². The number of rotatable bonds is 4. The SMILES string of the molecule is COC(=O)C1=CC2=CC[C@H]3[C@@H]4CC[C@H](C(=O)N(C(=O)NC(C)C)C(C)C)[C@@]4(C)CC[C@@H]3[C@@]2(C)CC1. The first kappa shape index (κ1) is 26.0. The summed E-state index contributed by atoms with van der Waals surface area (Å²) in [5, 5.41) is 2.93. The van der Waals surface area contributed by atoms with E-state index in [0.717, 1.165) is 50.5 Å². The number of nitrogens with one attached hydrogen (secondary N) is 1. The molecule has 0 aromatic heterocycles. The van der Waals surface area contributed by atoms with E-state index in [1.807, 2.05) is 27.7 Å². The van der Waals surface area contributed by atoms with Crippen LogP contribution in [0.1, 0.15) is 86.5 Å². The van der Waals surface area contributed by atoms with E-state index >= 15 is 0 Å². The van der Waals surface area contributed by atoms with Crippen LogP contribution in [0.5, 0.6) is 0 Å². The molecule has 194 valence electrons. The highest BCUT2D eigenvalue weighted by Gasteiger charge is 2.60. The number of fused-ring (bicyclic) bond motifs is 5. The topological polar surface area (TPSA) is 75.7 Å². The fraction of sp³-hybridized carbons (Fsp3) is 0.759. The summed E-state index contributed by atoms with van der Waals surface area (Å²) in [5.41, 5.74) is 2.09. The molecule has 2 fully saturated rings. The van der Waals surface area contributed by atoms with Gasteiger partial charge in [-0.05, 0) is 113 Å². The molecule has 0 saturated heterocycles. The normalized spacial score (nSPS) is 35.9. The van der Waals surface area contributed by atoms with E-state index in [1.54, 1.807) is 0 Å². The van der Waals surface area contributed by atoms with Gasteiger partial charge in [0.05, 0.1) is 7.11 Å². The fourth-order valence-electron chi connectivity index (χ4n) is 8.10. The number of allylic oxidation sites excluding steroid dienone is 3. The smallest absolute Gasteiger partial charge is 0.333 e. The molecule has 1 N–H and O–H groups in total. The van der Waals surface area contributed by atoms with Gasteiger partial charge in [0.2, 0.25) is 5.91 Å². The monoisotopic (exact) mass is 484 g/mol. The highest BCUT2D eigenvalue weighted by molar-refractivity contribution is 5.96. The molecule has 0 radical (unpaired) electrons. The van der Waals surface area contributed by atoms with E-state index in [1.165, 1.54) is 17.6 Å². The highest BCUT2D eigenvalue weighted by atomic mass is 16.5. The molecule has 4 aliphatic carbocycles. The second kappa shape index (κ2) is 9.40. The van der Waals surface area contributed by atoms with Crippen LogP contribution in [0.25, 0.3) is 0 Å². The van der Waals surface area contributed by atoms with Crippen molar-refractivity contribution < 1.29 is 19.1 Å². The number of esters is 1. The lowest BCUT2D eigenvalue weighted by Gasteiger charge is -2.57. The summed E-state index contributed by atoms with van der Waals surface area (Å²) in [4.78, 5) is 40.4. The third-order valence-electron chi connectivity index (χ3n) is 9.90. The molecule has 4 aliphatic rings. The highest BCUT2D eigenvalue weighted by Crippen LogP contribution is 2.66. The standard InChI is InChI=1S/C29H44N2O4/c1-17(2)30-27(34)31(18(3)4)25(32)24-11-10-22-21-9-8-20-16-19(26(33)35-7)12-14-28(20,5)23(21)13-15-29(22,24)6/h8,16-18,21-24H,9-15H2,1-7H3,(H,30,34)/t21-,22-,23-,24+,28-,29-/m0/s1. The number of urea groups is 1. The van der Waals surface area contributed by atoms with Gasteiger partial charge in [0.1, 0.15) is 0 Å². The molecular weight excluding hydrogens is 440 g/mol. The molecule has 6 atom stereocenters. The predicted molar refractivity (Wildman–Crippen MR) is 136 cm³/mol. The van der Waals surface area contributed by atoms with E-state index in [2.05, 4.69) is 31.3 Å². The van der Waals surface area contributed by atoms with Gasteiger partial charge in [0.15, 0.2) is 0 Å². The lowest BCUT2D eigenvalue weighted by Crippen LogP contribution is -2.55. The first-order valence-electron chi connectivity index (χ1n) is 13.6. The molecule has 35 heavy (non-hydrogen) atoms. The van der Waals surface area contributed by atoms with E-state index in [4.69, 9.17) is 4.74 Å². The van der Waals surface area contributed by atoms with Crippen LogP contribution in [0.15, 0.2) is 23.3 Å². The Morgan fingerprint density at radius 1 is 1.06 bits per heavy atom. The number of ether oxygens (including phenoxy) is 1. The van der Waals surface area contributed by atoms with Gasteiger partial charge in [-0.3, -0.25) is 9.69 Å². The van der Waals surface area contributed by atoms with Crippen molar-refractivity contribution in [3.8, 4) is 0 Å². The number of amides is 3. The first-order valence-corrected chi connectivity index (χ1v) is 13.6. The zero-order valence-electron chi connectivity index (χ0n) is 22.6. The molecular formula is C29H44N2O4. The Hall–Kier alpha value is -2.11. The molecule has 0 aromatic carbocycles. The van der Waals surface area contributed by atoms with Crippen molar-refractivity contribution in [2.24, 2.45) is 34.5 Å². The van der Waals surface area contributed by atoms with Crippen molar-refractivity contribution in [1.82, 2.24) is 10.2 Å². The van der Waals surface area contributed by atoms with Crippen molar-refractivity contribution in [3.05, 3.63) is 23.3 Å². The van der Waals surface area contributed by atoms with Gasteiger partial charge in [-0.1, -0.05) is 19.9 Å². The van der Waals surface area contributed by atoms with Crippen molar-refractivity contribution in [2.75, 3.05) is 7.11 Å². The van der Waals surface area contributed by atoms with Gasteiger partial charge in [0.25, 0.3) is 0 Å². The Bertz CT molecular complexity index is 950. The van der Waals surface area contributed by atoms with Crippen LogP contribution in [0.3, 0.4) is 0 Å². The molecule has 4 rings (SSSR count). The van der Waals surface area contributed by atoms with Gasteiger partial charge < -0.3 is 10.1 Å². The molecule has 0 bridgehead atoms. The maximum absolute atomic E-state index is 13.9. The number of carbonyl (C=O) groups excluding carboxylic acids is 3.